The van der Waals surface area contributed by atoms with Gasteiger partial charge >= 0.3 is 5.97 Å². The van der Waals surface area contributed by atoms with E-state index in [-0.39, 0.29) is 19.4 Å². The third-order valence-corrected chi connectivity index (χ3v) is 1.94. The zero-order valence-electron chi connectivity index (χ0n) is 8.64. The number of carboxylic acid groups (broad SMARTS) is 1. The molecule has 0 rings (SSSR count). The lowest BCUT2D eigenvalue weighted by atomic mass is 10.1. The lowest BCUT2D eigenvalue weighted by Gasteiger charge is -2.14. The summed E-state index contributed by atoms with van der Waals surface area (Å²) in [5, 5.41) is 28.6. The third kappa shape index (κ3) is 6.03. The van der Waals surface area contributed by atoms with E-state index in [9.17, 15) is 9.59 Å². The van der Waals surface area contributed by atoms with Gasteiger partial charge in [0.15, 0.2) is 0 Å². The van der Waals surface area contributed by atoms with E-state index in [0.717, 1.165) is 0 Å². The van der Waals surface area contributed by atoms with Crippen molar-refractivity contribution in [2.45, 2.75) is 38.3 Å². The van der Waals surface area contributed by atoms with Crippen LogP contribution in [0.5, 0.6) is 0 Å². The minimum Gasteiger partial charge on any atom is -0.480 e. The van der Waals surface area contributed by atoms with Crippen LogP contribution in [0.2, 0.25) is 0 Å². The molecule has 15 heavy (non-hydrogen) atoms. The van der Waals surface area contributed by atoms with Gasteiger partial charge in [0.1, 0.15) is 6.04 Å². The summed E-state index contributed by atoms with van der Waals surface area (Å²) in [5.41, 5.74) is 0. The average Bonchev–Trinajstić information content (AvgIpc) is 2.16. The van der Waals surface area contributed by atoms with Crippen LogP contribution in [0.4, 0.5) is 0 Å². The number of carboxylic acids is 1. The Morgan fingerprint density at radius 2 is 2.00 bits per heavy atom. The first-order chi connectivity index (χ1) is 7.01. The van der Waals surface area contributed by atoms with Gasteiger partial charge in [0.05, 0.1) is 12.5 Å². The van der Waals surface area contributed by atoms with Crippen molar-refractivity contribution in [3.63, 3.8) is 0 Å². The zero-order chi connectivity index (χ0) is 11.8. The predicted octanol–water partition coefficient (Wildman–Crippen LogP) is -0.901. The molecule has 6 heteroatoms. The molecule has 0 aromatic heterocycles. The van der Waals surface area contributed by atoms with Crippen molar-refractivity contribution in [2.24, 2.45) is 0 Å². The van der Waals surface area contributed by atoms with Crippen LogP contribution < -0.4 is 5.32 Å². The van der Waals surface area contributed by atoms with Crippen LogP contribution in [0.3, 0.4) is 0 Å². The molecule has 0 radical (unpaired) electrons. The van der Waals surface area contributed by atoms with Crippen LogP contribution in [0.25, 0.3) is 0 Å². The van der Waals surface area contributed by atoms with Crippen LogP contribution in [0, 0.1) is 0 Å². The Morgan fingerprint density at radius 3 is 2.40 bits per heavy atom. The lowest BCUT2D eigenvalue weighted by Crippen LogP contribution is -2.42. The van der Waals surface area contributed by atoms with Gasteiger partial charge in [-0.05, 0) is 6.42 Å². The van der Waals surface area contributed by atoms with E-state index < -0.39 is 24.0 Å². The maximum atomic E-state index is 11.2. The molecule has 0 bridgehead atoms. The van der Waals surface area contributed by atoms with Crippen LogP contribution in [-0.4, -0.2) is 45.9 Å². The molecule has 0 aliphatic carbocycles. The third-order valence-electron chi connectivity index (χ3n) is 1.94. The SMILES string of the molecule is CCC(O)CC(=O)N[C@@H](CCO)C(=O)O. The van der Waals surface area contributed by atoms with Crippen molar-refractivity contribution in [3.8, 4) is 0 Å². The number of aliphatic carboxylic acids is 1. The molecule has 0 fully saturated rings. The number of aliphatic hydroxyl groups excluding tert-OH is 2. The van der Waals surface area contributed by atoms with Gasteiger partial charge in [-0.15, -0.1) is 0 Å². The highest BCUT2D eigenvalue weighted by Gasteiger charge is 2.20. The fourth-order valence-corrected chi connectivity index (χ4v) is 0.998. The second-order valence-electron chi connectivity index (χ2n) is 3.24. The number of carbonyl (C=O) groups is 2. The molecule has 0 aromatic carbocycles. The first kappa shape index (κ1) is 13.9. The first-order valence-corrected chi connectivity index (χ1v) is 4.82. The highest BCUT2D eigenvalue weighted by atomic mass is 16.4. The standard InChI is InChI=1S/C9H17NO5/c1-2-6(12)5-8(13)10-7(3-4-11)9(14)15/h6-7,11-12H,2-5H2,1H3,(H,10,13)(H,14,15)/t6?,7-/m0/s1. The smallest absolute Gasteiger partial charge is 0.326 e. The summed E-state index contributed by atoms with van der Waals surface area (Å²) in [5.74, 6) is -1.71. The Kier molecular flexibility index (Phi) is 6.64. The van der Waals surface area contributed by atoms with Gasteiger partial charge in [-0.1, -0.05) is 6.92 Å². The van der Waals surface area contributed by atoms with Crippen LogP contribution >= 0.6 is 0 Å². The molecule has 0 aliphatic rings. The Labute approximate surface area is 87.9 Å². The van der Waals surface area contributed by atoms with Crippen LogP contribution in [-0.2, 0) is 9.59 Å². The molecule has 0 saturated heterocycles. The van der Waals surface area contributed by atoms with Crippen molar-refractivity contribution >= 4 is 11.9 Å². The summed E-state index contributed by atoms with van der Waals surface area (Å²) in [7, 11) is 0. The average molecular weight is 219 g/mol. The normalized spacial score (nSPS) is 14.3. The number of amides is 1. The summed E-state index contributed by atoms with van der Waals surface area (Å²) in [4.78, 5) is 21.8. The van der Waals surface area contributed by atoms with E-state index >= 15 is 0 Å². The van der Waals surface area contributed by atoms with Crippen molar-refractivity contribution < 1.29 is 24.9 Å². The summed E-state index contributed by atoms with van der Waals surface area (Å²) in [6.45, 7) is 1.41. The van der Waals surface area contributed by atoms with Crippen molar-refractivity contribution in [1.82, 2.24) is 5.32 Å². The molecule has 1 amide bonds. The van der Waals surface area contributed by atoms with E-state index in [1.165, 1.54) is 0 Å². The van der Waals surface area contributed by atoms with Gasteiger partial charge in [-0.2, -0.15) is 0 Å². The summed E-state index contributed by atoms with van der Waals surface area (Å²) >= 11 is 0. The van der Waals surface area contributed by atoms with Crippen LogP contribution in [0.15, 0.2) is 0 Å². The van der Waals surface area contributed by atoms with Crippen molar-refractivity contribution in [3.05, 3.63) is 0 Å². The Balaban J connectivity index is 4.05. The highest BCUT2D eigenvalue weighted by Crippen LogP contribution is 1.98. The molecule has 0 spiro atoms. The number of nitrogens with one attached hydrogen (secondary N) is 1. The number of hydrogen-bond donors (Lipinski definition) is 4. The van der Waals surface area contributed by atoms with Gasteiger partial charge in [0.25, 0.3) is 0 Å². The van der Waals surface area contributed by atoms with E-state index in [2.05, 4.69) is 5.32 Å². The van der Waals surface area contributed by atoms with Gasteiger partial charge in [0.2, 0.25) is 5.91 Å². The van der Waals surface area contributed by atoms with Crippen LogP contribution in [0.1, 0.15) is 26.2 Å². The minimum atomic E-state index is -1.19. The summed E-state index contributed by atoms with van der Waals surface area (Å²) in [6.07, 6.45) is -0.478. The quantitative estimate of drug-likeness (QED) is 0.444. The molecule has 6 nitrogen and oxygen atoms in total. The van der Waals surface area contributed by atoms with Crippen molar-refractivity contribution in [2.75, 3.05) is 6.61 Å². The second kappa shape index (κ2) is 7.19. The maximum absolute atomic E-state index is 11.2. The fraction of sp³-hybridized carbons (Fsp3) is 0.778. The molecule has 0 aliphatic heterocycles. The predicted molar refractivity (Wildman–Crippen MR) is 52.2 cm³/mol. The molecule has 0 heterocycles. The summed E-state index contributed by atoms with van der Waals surface area (Å²) in [6, 6.07) is -1.09. The molecular weight excluding hydrogens is 202 g/mol. The van der Waals surface area contributed by atoms with E-state index in [0.29, 0.717) is 6.42 Å². The monoisotopic (exact) mass is 219 g/mol. The van der Waals surface area contributed by atoms with E-state index in [1.807, 2.05) is 0 Å². The molecule has 0 aromatic rings. The molecular formula is C9H17NO5. The van der Waals surface area contributed by atoms with E-state index in [4.69, 9.17) is 15.3 Å². The van der Waals surface area contributed by atoms with Gasteiger partial charge in [0, 0.05) is 13.0 Å². The molecule has 88 valence electrons. The Morgan fingerprint density at radius 1 is 1.40 bits per heavy atom. The van der Waals surface area contributed by atoms with E-state index in [1.54, 1.807) is 6.92 Å². The molecule has 1 unspecified atom stereocenters. The fourth-order valence-electron chi connectivity index (χ4n) is 0.998. The Bertz CT molecular complexity index is 219. The largest absolute Gasteiger partial charge is 0.480 e. The van der Waals surface area contributed by atoms with Crippen molar-refractivity contribution in [1.29, 1.82) is 0 Å². The van der Waals surface area contributed by atoms with Gasteiger partial charge in [-0.3, -0.25) is 4.79 Å². The second-order valence-corrected chi connectivity index (χ2v) is 3.24. The molecule has 0 saturated carbocycles. The van der Waals surface area contributed by atoms with Gasteiger partial charge in [-0.25, -0.2) is 4.79 Å². The maximum Gasteiger partial charge on any atom is 0.326 e. The lowest BCUT2D eigenvalue weighted by molar-refractivity contribution is -0.142. The summed E-state index contributed by atoms with van der Waals surface area (Å²) < 4.78 is 0. The highest BCUT2D eigenvalue weighted by molar-refractivity contribution is 5.83. The molecule has 4 N–H and O–H groups in total. The Hall–Kier alpha value is -1.14. The number of rotatable bonds is 7. The number of carbonyl (C=O) groups excluding carboxylic acids is 1. The molecule has 2 atom stereocenters. The minimum absolute atomic E-state index is 0.0384. The number of hydrogen-bond acceptors (Lipinski definition) is 4. The first-order valence-electron chi connectivity index (χ1n) is 4.82. The topological polar surface area (TPSA) is 107 Å². The number of aliphatic hydroxyl groups is 2. The van der Waals surface area contributed by atoms with Gasteiger partial charge < -0.3 is 20.6 Å². The zero-order valence-corrected chi connectivity index (χ0v) is 8.64.